The van der Waals surface area contributed by atoms with Gasteiger partial charge in [0.05, 0.1) is 12.2 Å². The molecular weight excluding hydrogens is 462 g/mol. The molecule has 2 N–H and O–H groups in total. The van der Waals surface area contributed by atoms with Gasteiger partial charge in [0.15, 0.2) is 5.13 Å². The standard InChI is InChI=1S/C25H31N7O2S/c1-4-23(33)32-9-7-19(15-32)27-21-10-18(14-31-12-16(2)34-17(3)13-31)11-22(29-21)30-25-28-20-6-5-8-26-24(20)35-25/h4-6,8,10-11,16-17,19H,1,7,9,12-15H2,2-3H3,(H2,27,28,29,30)/t16-,17+,19-/m0/s1. The highest BCUT2D eigenvalue weighted by molar-refractivity contribution is 7.21. The molecule has 3 aromatic heterocycles. The van der Waals surface area contributed by atoms with E-state index in [1.807, 2.05) is 17.0 Å². The summed E-state index contributed by atoms with van der Waals surface area (Å²) >= 11 is 1.50. The number of rotatable bonds is 7. The van der Waals surface area contributed by atoms with Crippen LogP contribution in [0.3, 0.4) is 0 Å². The predicted molar refractivity (Wildman–Crippen MR) is 139 cm³/mol. The van der Waals surface area contributed by atoms with Gasteiger partial charge in [-0.25, -0.2) is 15.0 Å². The average Bonchev–Trinajstić information content (AvgIpc) is 3.44. The second kappa shape index (κ2) is 10.3. The number of hydrogen-bond donors (Lipinski definition) is 2. The third-order valence-electron chi connectivity index (χ3n) is 6.21. The van der Waals surface area contributed by atoms with Gasteiger partial charge < -0.3 is 20.3 Å². The van der Waals surface area contributed by atoms with E-state index in [1.165, 1.54) is 17.4 Å². The number of fused-ring (bicyclic) bond motifs is 1. The van der Waals surface area contributed by atoms with Crippen molar-refractivity contribution in [3.8, 4) is 0 Å². The third-order valence-corrected chi connectivity index (χ3v) is 7.11. The number of ether oxygens (including phenoxy) is 1. The minimum absolute atomic E-state index is 0.0293. The van der Waals surface area contributed by atoms with E-state index >= 15 is 0 Å². The van der Waals surface area contributed by atoms with Crippen LogP contribution in [-0.2, 0) is 16.1 Å². The molecule has 2 aliphatic rings. The van der Waals surface area contributed by atoms with E-state index in [9.17, 15) is 4.79 Å². The van der Waals surface area contributed by atoms with Crippen molar-refractivity contribution in [1.82, 2.24) is 24.8 Å². The molecule has 0 aliphatic carbocycles. The number of hydrogen-bond acceptors (Lipinski definition) is 9. The Hall–Kier alpha value is -3.08. The number of carbonyl (C=O) groups excluding carboxylic acids is 1. The Balaban J connectivity index is 1.37. The van der Waals surface area contributed by atoms with Gasteiger partial charge in [0, 0.05) is 45.0 Å². The SMILES string of the molecule is C=CC(=O)N1CC[C@H](Nc2cc(CN3C[C@@H](C)O[C@@H](C)C3)cc(Nc3nc4cccnc4s3)n2)C1. The molecule has 0 spiro atoms. The summed E-state index contributed by atoms with van der Waals surface area (Å²) < 4.78 is 5.91. The number of likely N-dealkylation sites (tertiary alicyclic amines) is 1. The molecule has 5 heterocycles. The van der Waals surface area contributed by atoms with Crippen molar-refractivity contribution in [2.24, 2.45) is 0 Å². The number of nitrogens with one attached hydrogen (secondary N) is 2. The van der Waals surface area contributed by atoms with E-state index in [0.717, 1.165) is 65.3 Å². The van der Waals surface area contributed by atoms with E-state index in [0.29, 0.717) is 6.54 Å². The molecule has 5 rings (SSSR count). The van der Waals surface area contributed by atoms with Gasteiger partial charge in [-0.05, 0) is 56.2 Å². The fraction of sp³-hybridized carbons (Fsp3) is 0.440. The average molecular weight is 494 g/mol. The number of nitrogens with zero attached hydrogens (tertiary/aromatic N) is 5. The zero-order valence-electron chi connectivity index (χ0n) is 20.1. The van der Waals surface area contributed by atoms with E-state index in [2.05, 4.69) is 58.1 Å². The normalized spacial score (nSPS) is 22.9. The van der Waals surface area contributed by atoms with Crippen molar-refractivity contribution < 1.29 is 9.53 Å². The number of morpholine rings is 1. The second-order valence-electron chi connectivity index (χ2n) is 9.29. The zero-order valence-corrected chi connectivity index (χ0v) is 20.9. The number of thiazole rings is 1. The lowest BCUT2D eigenvalue weighted by atomic mass is 10.1. The van der Waals surface area contributed by atoms with Crippen molar-refractivity contribution in [1.29, 1.82) is 0 Å². The molecule has 0 aromatic carbocycles. The lowest BCUT2D eigenvalue weighted by Crippen LogP contribution is -2.44. The van der Waals surface area contributed by atoms with Gasteiger partial charge in [-0.3, -0.25) is 9.69 Å². The predicted octanol–water partition coefficient (Wildman–Crippen LogP) is 3.64. The molecule has 1 amide bonds. The maximum absolute atomic E-state index is 12.0. The second-order valence-corrected chi connectivity index (χ2v) is 10.3. The van der Waals surface area contributed by atoms with Crippen molar-refractivity contribution in [2.45, 2.75) is 45.1 Å². The molecule has 3 aromatic rings. The molecule has 2 fully saturated rings. The minimum atomic E-state index is -0.0293. The van der Waals surface area contributed by atoms with E-state index in [4.69, 9.17) is 9.72 Å². The summed E-state index contributed by atoms with van der Waals surface area (Å²) in [5.41, 5.74) is 2.02. The fourth-order valence-corrected chi connectivity index (χ4v) is 5.65. The number of amides is 1. The molecule has 10 heteroatoms. The van der Waals surface area contributed by atoms with Crippen molar-refractivity contribution >= 4 is 44.4 Å². The summed E-state index contributed by atoms with van der Waals surface area (Å²) in [5, 5.41) is 7.69. The minimum Gasteiger partial charge on any atom is -0.373 e. The molecule has 2 aliphatic heterocycles. The van der Waals surface area contributed by atoms with Crippen LogP contribution in [0.5, 0.6) is 0 Å². The highest BCUT2D eigenvalue weighted by atomic mass is 32.1. The summed E-state index contributed by atoms with van der Waals surface area (Å²) in [7, 11) is 0. The maximum atomic E-state index is 12.0. The van der Waals surface area contributed by atoms with Crippen LogP contribution < -0.4 is 10.6 Å². The molecule has 35 heavy (non-hydrogen) atoms. The Morgan fingerprint density at radius 2 is 2.03 bits per heavy atom. The van der Waals surface area contributed by atoms with Crippen LogP contribution in [-0.4, -0.2) is 75.1 Å². The van der Waals surface area contributed by atoms with Crippen LogP contribution in [0.15, 0.2) is 43.1 Å². The van der Waals surface area contributed by atoms with E-state index < -0.39 is 0 Å². The summed E-state index contributed by atoms with van der Waals surface area (Å²) in [4.78, 5) is 31.0. The van der Waals surface area contributed by atoms with Crippen LogP contribution in [0.1, 0.15) is 25.8 Å². The molecule has 0 saturated carbocycles. The van der Waals surface area contributed by atoms with Crippen LogP contribution in [0.25, 0.3) is 10.3 Å². The molecule has 184 valence electrons. The summed E-state index contributed by atoms with van der Waals surface area (Å²) in [5.74, 6) is 1.49. The maximum Gasteiger partial charge on any atom is 0.246 e. The van der Waals surface area contributed by atoms with Gasteiger partial charge >= 0.3 is 0 Å². The fourth-order valence-electron chi connectivity index (χ4n) is 4.84. The highest BCUT2D eigenvalue weighted by Crippen LogP contribution is 2.28. The number of pyridine rings is 2. The Morgan fingerprint density at radius 1 is 1.23 bits per heavy atom. The largest absolute Gasteiger partial charge is 0.373 e. The number of anilines is 3. The topological polar surface area (TPSA) is 95.5 Å². The smallest absolute Gasteiger partial charge is 0.246 e. The Bertz CT molecular complexity index is 1170. The first kappa shape index (κ1) is 23.7. The molecule has 3 atom stereocenters. The van der Waals surface area contributed by atoms with Crippen molar-refractivity contribution in [2.75, 3.05) is 36.8 Å². The molecular formula is C25H31N7O2S. The van der Waals surface area contributed by atoms with Crippen LogP contribution >= 0.6 is 11.3 Å². The Labute approximate surface area is 209 Å². The summed E-state index contributed by atoms with van der Waals surface area (Å²) in [6.45, 7) is 11.8. The van der Waals surface area contributed by atoms with Gasteiger partial charge in [0.25, 0.3) is 0 Å². The quantitative estimate of drug-likeness (QED) is 0.482. The first-order chi connectivity index (χ1) is 16.9. The molecule has 2 saturated heterocycles. The lowest BCUT2D eigenvalue weighted by molar-refractivity contribution is -0.125. The Morgan fingerprint density at radius 3 is 2.80 bits per heavy atom. The first-order valence-electron chi connectivity index (χ1n) is 12.0. The molecule has 0 radical (unpaired) electrons. The van der Waals surface area contributed by atoms with Gasteiger partial charge in [-0.2, -0.15) is 0 Å². The van der Waals surface area contributed by atoms with E-state index in [-0.39, 0.29) is 24.2 Å². The monoisotopic (exact) mass is 493 g/mol. The molecule has 0 unspecified atom stereocenters. The van der Waals surface area contributed by atoms with Gasteiger partial charge in [0.2, 0.25) is 5.91 Å². The summed E-state index contributed by atoms with van der Waals surface area (Å²) in [6, 6.07) is 8.17. The lowest BCUT2D eigenvalue weighted by Gasteiger charge is -2.35. The number of aromatic nitrogens is 3. The third kappa shape index (κ3) is 5.77. The van der Waals surface area contributed by atoms with E-state index in [1.54, 1.807) is 6.20 Å². The van der Waals surface area contributed by atoms with Gasteiger partial charge in [-0.15, -0.1) is 0 Å². The first-order valence-corrected chi connectivity index (χ1v) is 12.8. The highest BCUT2D eigenvalue weighted by Gasteiger charge is 2.26. The van der Waals surface area contributed by atoms with Crippen LogP contribution in [0, 0.1) is 0 Å². The molecule has 9 nitrogen and oxygen atoms in total. The summed E-state index contributed by atoms with van der Waals surface area (Å²) in [6.07, 6.45) is 4.43. The van der Waals surface area contributed by atoms with Crippen molar-refractivity contribution in [3.63, 3.8) is 0 Å². The van der Waals surface area contributed by atoms with Gasteiger partial charge in [-0.1, -0.05) is 17.9 Å². The van der Waals surface area contributed by atoms with Gasteiger partial charge in [0.1, 0.15) is 22.0 Å². The Kier molecular flexibility index (Phi) is 6.94. The van der Waals surface area contributed by atoms with Crippen LogP contribution in [0.4, 0.5) is 16.8 Å². The van der Waals surface area contributed by atoms with Crippen LogP contribution in [0.2, 0.25) is 0 Å². The molecule has 0 bridgehead atoms. The van der Waals surface area contributed by atoms with Crippen molar-refractivity contribution in [3.05, 3.63) is 48.7 Å². The zero-order chi connectivity index (χ0) is 24.4. The number of carbonyl (C=O) groups is 1.